The Bertz CT molecular complexity index is 501. The van der Waals surface area contributed by atoms with Crippen LogP contribution in [0.25, 0.3) is 0 Å². The Hall–Kier alpha value is -1.41. The van der Waals surface area contributed by atoms with Crippen LogP contribution in [0.3, 0.4) is 0 Å². The van der Waals surface area contributed by atoms with Crippen LogP contribution in [-0.2, 0) is 9.47 Å². The monoisotopic (exact) mass is 342 g/mol. The number of nitro groups is 1. The van der Waals surface area contributed by atoms with Crippen molar-refractivity contribution in [2.75, 3.05) is 26.2 Å². The maximum absolute atomic E-state index is 11.0. The van der Waals surface area contributed by atoms with E-state index in [4.69, 9.17) is 9.47 Å². The van der Waals surface area contributed by atoms with Gasteiger partial charge >= 0.3 is 0 Å². The van der Waals surface area contributed by atoms with E-state index in [2.05, 4.69) is 18.9 Å². The van der Waals surface area contributed by atoms with Gasteiger partial charge in [-0.25, -0.2) is 10.1 Å². The van der Waals surface area contributed by atoms with Crippen LogP contribution in [0.2, 0.25) is 0 Å². The van der Waals surface area contributed by atoms with Crippen LogP contribution in [0, 0.1) is 16.0 Å². The summed E-state index contributed by atoms with van der Waals surface area (Å²) in [7, 11) is 0. The van der Waals surface area contributed by atoms with Crippen LogP contribution in [0.5, 0.6) is 0 Å². The van der Waals surface area contributed by atoms with E-state index in [1.54, 1.807) is 0 Å². The van der Waals surface area contributed by atoms with Crippen molar-refractivity contribution in [3.63, 3.8) is 0 Å². The van der Waals surface area contributed by atoms with Crippen molar-refractivity contribution >= 4 is 5.96 Å². The fraction of sp³-hybridized carbons (Fsp3) is 0.938. The highest BCUT2D eigenvalue weighted by molar-refractivity contribution is 5.81. The number of nitrogens with zero attached hydrogens (tertiary/aromatic N) is 4. The molecule has 2 saturated heterocycles. The Balaban J connectivity index is 2.08. The average Bonchev–Trinajstić information content (AvgIpc) is 2.91. The molecule has 0 radical (unpaired) electrons. The van der Waals surface area contributed by atoms with Crippen LogP contribution in [0.4, 0.5) is 0 Å². The van der Waals surface area contributed by atoms with Crippen molar-refractivity contribution in [1.29, 1.82) is 0 Å². The second-order valence-corrected chi connectivity index (χ2v) is 8.25. The van der Waals surface area contributed by atoms with Crippen LogP contribution in [-0.4, -0.2) is 64.5 Å². The molecular weight excluding hydrogens is 312 g/mol. The molecule has 0 saturated carbocycles. The molecule has 0 aliphatic carbocycles. The lowest BCUT2D eigenvalue weighted by Gasteiger charge is -2.32. The Morgan fingerprint density at radius 3 is 2.62 bits per heavy atom. The maximum Gasteiger partial charge on any atom is 0.276 e. The van der Waals surface area contributed by atoms with E-state index >= 15 is 0 Å². The Morgan fingerprint density at radius 1 is 1.46 bits per heavy atom. The van der Waals surface area contributed by atoms with Crippen LogP contribution >= 0.6 is 0 Å². The first kappa shape index (κ1) is 18.9. The second kappa shape index (κ2) is 6.84. The average molecular weight is 342 g/mol. The number of hydrogen-bond donors (Lipinski definition) is 0. The second-order valence-electron chi connectivity index (χ2n) is 8.25. The van der Waals surface area contributed by atoms with Gasteiger partial charge in [-0.1, -0.05) is 0 Å². The van der Waals surface area contributed by atoms with Crippen LogP contribution < -0.4 is 0 Å². The van der Waals surface area contributed by atoms with E-state index in [1.165, 1.54) is 0 Å². The minimum absolute atomic E-state index is 0.118. The number of ether oxygens (including phenoxy) is 2. The van der Waals surface area contributed by atoms with Gasteiger partial charge in [0.25, 0.3) is 5.96 Å². The molecule has 2 atom stereocenters. The normalized spacial score (nSPS) is 27.1. The minimum atomic E-state index is -0.625. The molecular formula is C16H30N4O4. The fourth-order valence-corrected chi connectivity index (χ4v) is 3.48. The zero-order valence-electron chi connectivity index (χ0n) is 15.6. The molecule has 138 valence electrons. The fourth-order valence-electron chi connectivity index (χ4n) is 3.48. The van der Waals surface area contributed by atoms with E-state index in [0.717, 1.165) is 13.0 Å². The minimum Gasteiger partial charge on any atom is -0.375 e. The van der Waals surface area contributed by atoms with E-state index in [1.807, 2.05) is 37.5 Å². The predicted octanol–water partition coefficient (Wildman–Crippen LogP) is 2.13. The van der Waals surface area contributed by atoms with Crippen molar-refractivity contribution < 1.29 is 14.5 Å². The summed E-state index contributed by atoms with van der Waals surface area (Å²) in [5.41, 5.74) is -0.441. The molecule has 2 fully saturated rings. The van der Waals surface area contributed by atoms with Gasteiger partial charge in [-0.05, 0) is 48.0 Å². The van der Waals surface area contributed by atoms with Gasteiger partial charge in [-0.2, -0.15) is 0 Å². The molecule has 0 amide bonds. The lowest BCUT2D eigenvalue weighted by molar-refractivity contribution is -0.486. The molecule has 0 aromatic carbocycles. The number of hydrazone groups is 1. The van der Waals surface area contributed by atoms with E-state index in [9.17, 15) is 10.1 Å². The van der Waals surface area contributed by atoms with Gasteiger partial charge in [-0.3, -0.25) is 0 Å². The summed E-state index contributed by atoms with van der Waals surface area (Å²) < 4.78 is 11.7. The van der Waals surface area contributed by atoms with Crippen molar-refractivity contribution in [3.8, 4) is 0 Å². The lowest BCUT2D eigenvalue weighted by Crippen LogP contribution is -2.44. The van der Waals surface area contributed by atoms with Gasteiger partial charge < -0.3 is 19.3 Å². The first-order chi connectivity index (χ1) is 11.0. The first-order valence-electron chi connectivity index (χ1n) is 8.53. The topological polar surface area (TPSA) is 80.4 Å². The highest BCUT2D eigenvalue weighted by atomic mass is 16.7. The smallest absolute Gasteiger partial charge is 0.276 e. The van der Waals surface area contributed by atoms with Crippen molar-refractivity contribution in [1.82, 2.24) is 9.80 Å². The summed E-state index contributed by atoms with van der Waals surface area (Å²) in [5.74, 6) is 0.747. The summed E-state index contributed by atoms with van der Waals surface area (Å²) >= 11 is 0. The van der Waals surface area contributed by atoms with Crippen molar-refractivity contribution in [3.05, 3.63) is 10.1 Å². The molecule has 0 spiro atoms. The van der Waals surface area contributed by atoms with Crippen molar-refractivity contribution in [2.24, 2.45) is 11.0 Å². The molecule has 2 rings (SSSR count). The zero-order chi connectivity index (χ0) is 18.1. The molecule has 0 aromatic heterocycles. The third kappa shape index (κ3) is 5.04. The molecule has 8 heteroatoms. The summed E-state index contributed by atoms with van der Waals surface area (Å²) in [6, 6.07) is 0. The van der Waals surface area contributed by atoms with Gasteiger partial charge in [0.15, 0.2) is 5.03 Å². The highest BCUT2D eigenvalue weighted by Gasteiger charge is 2.39. The quantitative estimate of drug-likeness (QED) is 0.562. The lowest BCUT2D eigenvalue weighted by atomic mass is 9.97. The third-order valence-electron chi connectivity index (χ3n) is 4.25. The van der Waals surface area contributed by atoms with Crippen LogP contribution in [0.15, 0.2) is 5.10 Å². The third-order valence-corrected chi connectivity index (χ3v) is 4.25. The van der Waals surface area contributed by atoms with Gasteiger partial charge in [0.2, 0.25) is 0 Å². The Morgan fingerprint density at radius 2 is 2.12 bits per heavy atom. The molecule has 2 aliphatic heterocycles. The molecule has 2 heterocycles. The first-order valence-corrected chi connectivity index (χ1v) is 8.53. The number of hydrogen-bond acceptors (Lipinski definition) is 4. The predicted molar refractivity (Wildman–Crippen MR) is 91.1 cm³/mol. The van der Waals surface area contributed by atoms with E-state index in [0.29, 0.717) is 31.6 Å². The summed E-state index contributed by atoms with van der Waals surface area (Å²) in [6.07, 6.45) is 0.675. The molecule has 0 N–H and O–H groups in total. The van der Waals surface area contributed by atoms with Gasteiger partial charge in [0.1, 0.15) is 11.3 Å². The standard InChI is InChI=1S/C16H30N4O4/c1-12(24-15(2,3)4)19-8-7-18(14(19)17-20(21)22)10-13-9-16(5,6)23-11-13/h12-13H,7-11H2,1-6H3. The van der Waals surface area contributed by atoms with E-state index < -0.39 is 5.03 Å². The number of guanidine groups is 1. The Labute approximate surface area is 143 Å². The van der Waals surface area contributed by atoms with Gasteiger partial charge in [0.05, 0.1) is 17.8 Å². The molecule has 8 nitrogen and oxygen atoms in total. The highest BCUT2D eigenvalue weighted by Crippen LogP contribution is 2.30. The molecule has 24 heavy (non-hydrogen) atoms. The zero-order valence-corrected chi connectivity index (χ0v) is 15.6. The maximum atomic E-state index is 11.0. The van der Waals surface area contributed by atoms with Gasteiger partial charge in [-0.15, -0.1) is 0 Å². The van der Waals surface area contributed by atoms with Crippen molar-refractivity contribution in [2.45, 2.75) is 65.4 Å². The molecule has 0 bridgehead atoms. The van der Waals surface area contributed by atoms with Gasteiger partial charge in [0, 0.05) is 25.6 Å². The van der Waals surface area contributed by atoms with E-state index in [-0.39, 0.29) is 17.4 Å². The SMILES string of the molecule is CC(OC(C)(C)C)N1CCN(CC2COC(C)(C)C2)C1=N[N+](=O)[O-]. The molecule has 0 aromatic rings. The number of rotatable bonds is 5. The van der Waals surface area contributed by atoms with Crippen LogP contribution in [0.1, 0.15) is 48.0 Å². The summed E-state index contributed by atoms with van der Waals surface area (Å²) in [5, 5.41) is 14.0. The summed E-state index contributed by atoms with van der Waals surface area (Å²) in [4.78, 5) is 14.9. The molecule has 2 unspecified atom stereocenters. The largest absolute Gasteiger partial charge is 0.375 e. The summed E-state index contributed by atoms with van der Waals surface area (Å²) in [6.45, 7) is 14.8. The molecule has 2 aliphatic rings. The Kier molecular flexibility index (Phi) is 5.39.